The van der Waals surface area contributed by atoms with E-state index in [1.165, 1.54) is 24.0 Å². The van der Waals surface area contributed by atoms with Gasteiger partial charge in [-0.2, -0.15) is 0 Å². The molecule has 0 saturated heterocycles. The van der Waals surface area contributed by atoms with Crippen LogP contribution in [0.25, 0.3) is 0 Å². The van der Waals surface area contributed by atoms with Gasteiger partial charge in [0.2, 0.25) is 0 Å². The Morgan fingerprint density at radius 2 is 1.94 bits per heavy atom. The number of aliphatic hydroxyl groups is 1. The SMILES string of the molecule is CC1(O)Sc2ccc(C(=O)NCc3c(F)cc(F)cc3F)cc2N(CC2C=CC=C2Cl)C1=O. The first-order valence-corrected chi connectivity index (χ1v) is 11.1. The topological polar surface area (TPSA) is 69.6 Å². The number of hydrogen-bond acceptors (Lipinski definition) is 4. The average Bonchev–Trinajstić information content (AvgIpc) is 3.14. The van der Waals surface area contributed by atoms with Crippen molar-refractivity contribution in [1.29, 1.82) is 0 Å². The predicted octanol–water partition coefficient (Wildman–Crippen LogP) is 4.49. The molecule has 33 heavy (non-hydrogen) atoms. The van der Waals surface area contributed by atoms with Crippen molar-refractivity contribution in [3.63, 3.8) is 0 Å². The Morgan fingerprint density at radius 1 is 1.24 bits per heavy atom. The molecule has 2 N–H and O–H groups in total. The van der Waals surface area contributed by atoms with Crippen LogP contribution in [-0.2, 0) is 11.3 Å². The van der Waals surface area contributed by atoms with Crippen molar-refractivity contribution < 1.29 is 27.9 Å². The number of thioether (sulfide) groups is 1. The zero-order valence-electron chi connectivity index (χ0n) is 17.2. The quantitative estimate of drug-likeness (QED) is 0.642. The molecule has 0 aromatic heterocycles. The van der Waals surface area contributed by atoms with E-state index in [0.29, 0.717) is 27.7 Å². The van der Waals surface area contributed by atoms with Gasteiger partial charge in [0.05, 0.1) is 5.69 Å². The normalized spacial score (nSPS) is 21.8. The van der Waals surface area contributed by atoms with Crippen molar-refractivity contribution in [2.75, 3.05) is 11.4 Å². The van der Waals surface area contributed by atoms with Crippen molar-refractivity contribution in [3.05, 3.63) is 82.2 Å². The van der Waals surface area contributed by atoms with Gasteiger partial charge in [0.15, 0.2) is 4.93 Å². The summed E-state index contributed by atoms with van der Waals surface area (Å²) in [6.45, 7) is 1.06. The van der Waals surface area contributed by atoms with Crippen LogP contribution < -0.4 is 10.2 Å². The molecule has 0 bridgehead atoms. The summed E-state index contributed by atoms with van der Waals surface area (Å²) < 4.78 is 40.8. The van der Waals surface area contributed by atoms with E-state index >= 15 is 0 Å². The first-order valence-electron chi connectivity index (χ1n) is 9.89. The zero-order chi connectivity index (χ0) is 23.9. The zero-order valence-corrected chi connectivity index (χ0v) is 18.8. The number of halogens is 4. The molecule has 10 heteroatoms. The van der Waals surface area contributed by atoms with Crippen molar-refractivity contribution in [3.8, 4) is 0 Å². The van der Waals surface area contributed by atoms with Gasteiger partial charge in [0, 0.05) is 52.2 Å². The molecular weight excluding hydrogens is 477 g/mol. The summed E-state index contributed by atoms with van der Waals surface area (Å²) in [4.78, 5) is 25.9. The number of nitrogens with zero attached hydrogens (tertiary/aromatic N) is 1. The maximum atomic E-state index is 13.9. The lowest BCUT2D eigenvalue weighted by atomic mass is 10.1. The van der Waals surface area contributed by atoms with Crippen LogP contribution in [0.5, 0.6) is 0 Å². The van der Waals surface area contributed by atoms with Gasteiger partial charge in [-0.25, -0.2) is 13.2 Å². The van der Waals surface area contributed by atoms with Crippen LogP contribution >= 0.6 is 23.4 Å². The van der Waals surface area contributed by atoms with Crippen LogP contribution in [0.1, 0.15) is 22.8 Å². The highest BCUT2D eigenvalue weighted by atomic mass is 35.5. The molecular formula is C23H18ClF3N2O3S. The Labute approximate surface area is 196 Å². The summed E-state index contributed by atoms with van der Waals surface area (Å²) in [7, 11) is 0. The van der Waals surface area contributed by atoms with E-state index in [0.717, 1.165) is 11.8 Å². The van der Waals surface area contributed by atoms with E-state index in [1.807, 2.05) is 6.08 Å². The van der Waals surface area contributed by atoms with E-state index in [1.54, 1.807) is 18.2 Å². The van der Waals surface area contributed by atoms with E-state index < -0.39 is 46.3 Å². The van der Waals surface area contributed by atoms with Crippen molar-refractivity contribution in [1.82, 2.24) is 5.32 Å². The summed E-state index contributed by atoms with van der Waals surface area (Å²) in [6, 6.07) is 5.60. The molecule has 0 saturated carbocycles. The predicted molar refractivity (Wildman–Crippen MR) is 119 cm³/mol. The van der Waals surface area contributed by atoms with Gasteiger partial charge in [-0.15, -0.1) is 0 Å². The molecule has 1 heterocycles. The molecule has 0 fully saturated rings. The Hall–Kier alpha value is -2.75. The monoisotopic (exact) mass is 494 g/mol. The second-order valence-electron chi connectivity index (χ2n) is 7.76. The van der Waals surface area contributed by atoms with Crippen molar-refractivity contribution >= 4 is 40.9 Å². The lowest BCUT2D eigenvalue weighted by Gasteiger charge is -2.38. The fraction of sp³-hybridized carbons (Fsp3) is 0.217. The van der Waals surface area contributed by atoms with Crippen molar-refractivity contribution in [2.45, 2.75) is 23.3 Å². The Bertz CT molecular complexity index is 1190. The standard InChI is InChI=1S/C23H18ClF3N2O3S/c1-23(32)22(31)29(11-13-3-2-4-16(13)24)19-7-12(5-6-20(19)33-23)21(30)28-10-15-17(26)8-14(25)9-18(15)27/h2-9,13,32H,10-11H2,1H3,(H,28,30). The van der Waals surface area contributed by atoms with Crippen LogP contribution in [0.15, 0.2) is 58.5 Å². The highest BCUT2D eigenvalue weighted by molar-refractivity contribution is 8.01. The molecule has 4 rings (SSSR count). The van der Waals surface area contributed by atoms with Gasteiger partial charge in [-0.3, -0.25) is 9.59 Å². The third-order valence-electron chi connectivity index (χ3n) is 5.33. The molecule has 2 amide bonds. The van der Waals surface area contributed by atoms with Crippen LogP contribution in [-0.4, -0.2) is 28.4 Å². The van der Waals surface area contributed by atoms with Crippen LogP contribution in [0, 0.1) is 23.4 Å². The number of allylic oxidation sites excluding steroid dienone is 2. The average molecular weight is 495 g/mol. The summed E-state index contributed by atoms with van der Waals surface area (Å²) in [6.07, 6.45) is 5.31. The number of amides is 2. The molecule has 2 aliphatic rings. The van der Waals surface area contributed by atoms with E-state index in [9.17, 15) is 27.9 Å². The van der Waals surface area contributed by atoms with E-state index in [2.05, 4.69) is 5.32 Å². The number of anilines is 1. The van der Waals surface area contributed by atoms with Crippen LogP contribution in [0.4, 0.5) is 18.9 Å². The van der Waals surface area contributed by atoms with Gasteiger partial charge in [0.25, 0.3) is 11.8 Å². The maximum absolute atomic E-state index is 13.9. The van der Waals surface area contributed by atoms with Crippen LogP contribution in [0.3, 0.4) is 0 Å². The Balaban J connectivity index is 1.59. The smallest absolute Gasteiger partial charge is 0.269 e. The first kappa shape index (κ1) is 23.4. The fourth-order valence-electron chi connectivity index (χ4n) is 3.61. The fourth-order valence-corrected chi connectivity index (χ4v) is 4.86. The Morgan fingerprint density at radius 3 is 2.58 bits per heavy atom. The van der Waals surface area contributed by atoms with Gasteiger partial charge in [-0.1, -0.05) is 35.5 Å². The maximum Gasteiger partial charge on any atom is 0.269 e. The molecule has 0 spiro atoms. The summed E-state index contributed by atoms with van der Waals surface area (Å²) in [5.41, 5.74) is 0.0777. The number of carbonyl (C=O) groups is 2. The minimum atomic E-state index is -1.70. The molecule has 2 aromatic carbocycles. The number of nitrogens with one attached hydrogen (secondary N) is 1. The molecule has 2 aromatic rings. The number of fused-ring (bicyclic) bond motifs is 1. The summed E-state index contributed by atoms with van der Waals surface area (Å²) >= 11 is 7.16. The summed E-state index contributed by atoms with van der Waals surface area (Å²) in [5.74, 6) is -4.73. The van der Waals surface area contributed by atoms with Gasteiger partial charge in [-0.05, 0) is 31.2 Å². The number of carbonyl (C=O) groups excluding carboxylic acids is 2. The highest BCUT2D eigenvalue weighted by Gasteiger charge is 2.43. The largest absolute Gasteiger partial charge is 0.371 e. The van der Waals surface area contributed by atoms with Crippen LogP contribution in [0.2, 0.25) is 0 Å². The first-order chi connectivity index (χ1) is 15.6. The second kappa shape index (κ2) is 8.89. The third kappa shape index (κ3) is 4.66. The second-order valence-corrected chi connectivity index (χ2v) is 9.63. The highest BCUT2D eigenvalue weighted by Crippen LogP contribution is 2.45. The molecule has 1 aliphatic heterocycles. The molecule has 2 unspecified atom stereocenters. The third-order valence-corrected chi connectivity index (χ3v) is 6.87. The van der Waals surface area contributed by atoms with Gasteiger partial charge < -0.3 is 15.3 Å². The molecule has 0 radical (unpaired) electrons. The lowest BCUT2D eigenvalue weighted by molar-refractivity contribution is -0.128. The minimum Gasteiger partial charge on any atom is -0.371 e. The minimum absolute atomic E-state index is 0.139. The van der Waals surface area contributed by atoms with Gasteiger partial charge >= 0.3 is 0 Å². The molecule has 2 atom stereocenters. The van der Waals surface area contributed by atoms with Gasteiger partial charge in [0.1, 0.15) is 17.5 Å². The van der Waals surface area contributed by atoms with Crippen molar-refractivity contribution in [2.24, 2.45) is 5.92 Å². The molecule has 5 nitrogen and oxygen atoms in total. The number of hydrogen-bond donors (Lipinski definition) is 2. The van der Waals surface area contributed by atoms with E-state index in [4.69, 9.17) is 11.6 Å². The molecule has 1 aliphatic carbocycles. The number of rotatable bonds is 5. The lowest BCUT2D eigenvalue weighted by Crippen LogP contribution is -2.49. The number of benzene rings is 2. The summed E-state index contributed by atoms with van der Waals surface area (Å²) in [5, 5.41) is 13.5. The van der Waals surface area contributed by atoms with E-state index in [-0.39, 0.29) is 18.0 Å². The Kier molecular flexibility index (Phi) is 6.30. The molecule has 172 valence electrons.